The topological polar surface area (TPSA) is 72.9 Å². The van der Waals surface area contributed by atoms with Gasteiger partial charge < -0.3 is 15.3 Å². The Morgan fingerprint density at radius 3 is 2.48 bits per heavy atom. The molecule has 6 nitrogen and oxygen atoms in total. The van der Waals surface area contributed by atoms with Gasteiger partial charge in [0.2, 0.25) is 0 Å². The van der Waals surface area contributed by atoms with Gasteiger partial charge in [0, 0.05) is 24.7 Å². The number of urea groups is 1. The molecule has 2 atom stereocenters. The average Bonchev–Trinajstić information content (AvgIpc) is 2.47. The Bertz CT molecular complexity index is 495. The molecule has 25 heavy (non-hydrogen) atoms. The molecule has 0 radical (unpaired) electrons. The standard InChI is InChI=1S/C16H26F3N3O3/c1-3-21(9-14(23)24)12-7-11(8-12)20-15(25)22-6-4-5-13(10(22)2)16(17,18)19/h10-13H,3-9H2,1-2H3,(H,20,25)(H,23,24). The van der Waals surface area contributed by atoms with E-state index in [9.17, 15) is 22.8 Å². The van der Waals surface area contributed by atoms with Gasteiger partial charge in [0.05, 0.1) is 12.5 Å². The molecule has 2 unspecified atom stereocenters. The number of carboxylic acids is 1. The van der Waals surface area contributed by atoms with Crippen LogP contribution in [0.15, 0.2) is 0 Å². The second kappa shape index (κ2) is 7.80. The molecule has 1 aliphatic heterocycles. The number of aliphatic carboxylic acids is 1. The molecule has 2 N–H and O–H groups in total. The molecular weight excluding hydrogens is 339 g/mol. The van der Waals surface area contributed by atoms with Crippen molar-refractivity contribution in [3.8, 4) is 0 Å². The first-order chi connectivity index (χ1) is 11.6. The van der Waals surface area contributed by atoms with Crippen molar-refractivity contribution in [3.63, 3.8) is 0 Å². The van der Waals surface area contributed by atoms with Crippen molar-refractivity contribution < 1.29 is 27.9 Å². The van der Waals surface area contributed by atoms with Crippen molar-refractivity contribution in [2.24, 2.45) is 5.92 Å². The normalized spacial score (nSPS) is 30.1. The van der Waals surface area contributed by atoms with Crippen LogP contribution in [0.2, 0.25) is 0 Å². The van der Waals surface area contributed by atoms with Crippen LogP contribution in [0.5, 0.6) is 0 Å². The summed E-state index contributed by atoms with van der Waals surface area (Å²) >= 11 is 0. The number of likely N-dealkylation sites (N-methyl/N-ethyl adjacent to an activating group) is 1. The fraction of sp³-hybridized carbons (Fsp3) is 0.875. The summed E-state index contributed by atoms with van der Waals surface area (Å²) in [5.41, 5.74) is 0. The van der Waals surface area contributed by atoms with E-state index in [1.807, 2.05) is 11.8 Å². The summed E-state index contributed by atoms with van der Waals surface area (Å²) in [6.45, 7) is 4.22. The third kappa shape index (κ3) is 4.77. The van der Waals surface area contributed by atoms with Gasteiger partial charge in [0.25, 0.3) is 0 Å². The molecule has 2 aliphatic rings. The maximum Gasteiger partial charge on any atom is 0.393 e. The van der Waals surface area contributed by atoms with Crippen molar-refractivity contribution in [1.29, 1.82) is 0 Å². The highest BCUT2D eigenvalue weighted by Crippen LogP contribution is 2.37. The number of carbonyl (C=O) groups excluding carboxylic acids is 1. The molecule has 2 fully saturated rings. The average molecular weight is 365 g/mol. The second-order valence-corrected chi connectivity index (χ2v) is 6.95. The number of carbonyl (C=O) groups is 2. The van der Waals surface area contributed by atoms with E-state index in [0.717, 1.165) is 0 Å². The van der Waals surface area contributed by atoms with Gasteiger partial charge in [-0.25, -0.2) is 4.79 Å². The highest BCUT2D eigenvalue weighted by molar-refractivity contribution is 5.75. The Morgan fingerprint density at radius 2 is 1.96 bits per heavy atom. The van der Waals surface area contributed by atoms with Gasteiger partial charge in [0.1, 0.15) is 0 Å². The number of nitrogens with zero attached hydrogens (tertiary/aromatic N) is 2. The van der Waals surface area contributed by atoms with E-state index in [1.54, 1.807) is 0 Å². The molecule has 2 rings (SSSR count). The predicted molar refractivity (Wildman–Crippen MR) is 85.2 cm³/mol. The summed E-state index contributed by atoms with van der Waals surface area (Å²) in [5.74, 6) is -2.37. The molecule has 1 saturated carbocycles. The van der Waals surface area contributed by atoms with E-state index < -0.39 is 30.1 Å². The Morgan fingerprint density at radius 1 is 1.32 bits per heavy atom. The molecule has 0 aromatic rings. The molecule has 0 spiro atoms. The van der Waals surface area contributed by atoms with Gasteiger partial charge in [-0.05, 0) is 39.2 Å². The minimum absolute atomic E-state index is 0.0434. The molecule has 1 saturated heterocycles. The number of halogens is 3. The lowest BCUT2D eigenvalue weighted by molar-refractivity contribution is -0.195. The Balaban J connectivity index is 1.84. The fourth-order valence-corrected chi connectivity index (χ4v) is 3.80. The number of piperidine rings is 1. The quantitative estimate of drug-likeness (QED) is 0.784. The van der Waals surface area contributed by atoms with Crippen molar-refractivity contribution >= 4 is 12.0 Å². The van der Waals surface area contributed by atoms with Crippen molar-refractivity contribution in [1.82, 2.24) is 15.1 Å². The van der Waals surface area contributed by atoms with Crippen LogP contribution < -0.4 is 5.32 Å². The lowest BCUT2D eigenvalue weighted by Gasteiger charge is -2.45. The summed E-state index contributed by atoms with van der Waals surface area (Å²) in [4.78, 5) is 26.3. The van der Waals surface area contributed by atoms with Gasteiger partial charge in [-0.15, -0.1) is 0 Å². The van der Waals surface area contributed by atoms with Crippen LogP contribution in [0.3, 0.4) is 0 Å². The van der Waals surface area contributed by atoms with Gasteiger partial charge in [-0.3, -0.25) is 9.69 Å². The number of amides is 2. The highest BCUT2D eigenvalue weighted by atomic mass is 19.4. The van der Waals surface area contributed by atoms with Gasteiger partial charge in [-0.1, -0.05) is 6.92 Å². The molecule has 144 valence electrons. The van der Waals surface area contributed by atoms with Crippen LogP contribution in [0, 0.1) is 5.92 Å². The van der Waals surface area contributed by atoms with E-state index in [0.29, 0.717) is 32.4 Å². The largest absolute Gasteiger partial charge is 0.480 e. The molecular formula is C16H26F3N3O3. The number of likely N-dealkylation sites (tertiary alicyclic amines) is 1. The van der Waals surface area contributed by atoms with Crippen molar-refractivity contribution in [2.45, 2.75) is 63.8 Å². The molecule has 1 aliphatic carbocycles. The third-order valence-electron chi connectivity index (χ3n) is 5.37. The van der Waals surface area contributed by atoms with E-state index in [4.69, 9.17) is 5.11 Å². The van der Waals surface area contributed by atoms with Crippen molar-refractivity contribution in [2.75, 3.05) is 19.6 Å². The van der Waals surface area contributed by atoms with Gasteiger partial charge in [-0.2, -0.15) is 13.2 Å². The number of nitrogens with one attached hydrogen (secondary N) is 1. The molecule has 0 aromatic heterocycles. The second-order valence-electron chi connectivity index (χ2n) is 6.95. The first-order valence-electron chi connectivity index (χ1n) is 8.73. The number of hydrogen-bond donors (Lipinski definition) is 2. The van der Waals surface area contributed by atoms with E-state index >= 15 is 0 Å². The molecule has 9 heteroatoms. The summed E-state index contributed by atoms with van der Waals surface area (Å²) in [5, 5.41) is 11.7. The predicted octanol–water partition coefficient (Wildman–Crippen LogP) is 2.30. The van der Waals surface area contributed by atoms with Crippen LogP contribution in [0.4, 0.5) is 18.0 Å². The maximum atomic E-state index is 13.0. The van der Waals surface area contributed by atoms with Crippen molar-refractivity contribution in [3.05, 3.63) is 0 Å². The minimum atomic E-state index is -4.29. The molecule has 1 heterocycles. The smallest absolute Gasteiger partial charge is 0.393 e. The van der Waals surface area contributed by atoms with Crippen LogP contribution in [-0.2, 0) is 4.79 Å². The molecule has 2 amide bonds. The molecule has 0 bridgehead atoms. The van der Waals surface area contributed by atoms with Crippen LogP contribution in [-0.4, -0.2) is 70.8 Å². The Hall–Kier alpha value is -1.51. The first kappa shape index (κ1) is 19.8. The van der Waals surface area contributed by atoms with Crippen LogP contribution in [0.25, 0.3) is 0 Å². The zero-order valence-corrected chi connectivity index (χ0v) is 14.6. The van der Waals surface area contributed by atoms with Crippen LogP contribution in [0.1, 0.15) is 39.5 Å². The van der Waals surface area contributed by atoms with E-state index in [2.05, 4.69) is 5.32 Å². The highest BCUT2D eigenvalue weighted by Gasteiger charge is 2.47. The SMILES string of the molecule is CCN(CC(=O)O)C1CC(NC(=O)N2CCCC(C(F)(F)F)C2C)C1. The van der Waals surface area contributed by atoms with Crippen LogP contribution >= 0.6 is 0 Å². The summed E-state index contributed by atoms with van der Waals surface area (Å²) < 4.78 is 39.1. The zero-order chi connectivity index (χ0) is 18.8. The fourth-order valence-electron chi connectivity index (χ4n) is 3.80. The summed E-state index contributed by atoms with van der Waals surface area (Å²) in [6.07, 6.45) is -2.65. The minimum Gasteiger partial charge on any atom is -0.480 e. The van der Waals surface area contributed by atoms with E-state index in [1.165, 1.54) is 11.8 Å². The third-order valence-corrected chi connectivity index (χ3v) is 5.37. The van der Waals surface area contributed by atoms with Gasteiger partial charge in [0.15, 0.2) is 0 Å². The number of rotatable bonds is 5. The summed E-state index contributed by atoms with van der Waals surface area (Å²) in [7, 11) is 0. The lowest BCUT2D eigenvalue weighted by Crippen LogP contribution is -2.60. The number of hydrogen-bond acceptors (Lipinski definition) is 3. The maximum absolute atomic E-state index is 13.0. The lowest BCUT2D eigenvalue weighted by atomic mass is 9.85. The Kier molecular flexibility index (Phi) is 6.18. The Labute approximate surface area is 145 Å². The van der Waals surface area contributed by atoms with E-state index in [-0.39, 0.29) is 25.0 Å². The summed E-state index contributed by atoms with van der Waals surface area (Å²) in [6, 6.07) is -1.35. The first-order valence-corrected chi connectivity index (χ1v) is 8.73. The number of alkyl halides is 3. The monoisotopic (exact) mass is 365 g/mol. The van der Waals surface area contributed by atoms with Gasteiger partial charge >= 0.3 is 18.2 Å². The zero-order valence-electron chi connectivity index (χ0n) is 14.6. The number of carboxylic acid groups (broad SMARTS) is 1. The molecule has 0 aromatic carbocycles.